The van der Waals surface area contributed by atoms with Crippen molar-refractivity contribution >= 4 is 8.32 Å². The molecule has 0 aromatic rings. The highest BCUT2D eigenvalue weighted by Crippen LogP contribution is 2.37. The van der Waals surface area contributed by atoms with Crippen LogP contribution in [0.3, 0.4) is 0 Å². The summed E-state index contributed by atoms with van der Waals surface area (Å²) in [6.07, 6.45) is 4.68. The minimum atomic E-state index is -1.70. The van der Waals surface area contributed by atoms with E-state index in [0.717, 1.165) is 24.5 Å². The van der Waals surface area contributed by atoms with Crippen LogP contribution in [-0.4, -0.2) is 26.3 Å². The highest BCUT2D eigenvalue weighted by Gasteiger charge is 2.38. The van der Waals surface area contributed by atoms with Crippen molar-refractivity contribution in [1.29, 1.82) is 0 Å². The van der Waals surface area contributed by atoms with Gasteiger partial charge in [-0.15, -0.1) is 0 Å². The van der Waals surface area contributed by atoms with Gasteiger partial charge in [-0.3, -0.25) is 0 Å². The summed E-state index contributed by atoms with van der Waals surface area (Å²) < 4.78 is 6.24. The molecular weight excluding hydrogens is 238 g/mol. The van der Waals surface area contributed by atoms with Gasteiger partial charge in [0, 0.05) is 18.8 Å². The molecule has 1 aliphatic heterocycles. The summed E-state index contributed by atoms with van der Waals surface area (Å²) in [5.74, 6) is 1.01. The van der Waals surface area contributed by atoms with Gasteiger partial charge in [-0.25, -0.2) is 0 Å². The van der Waals surface area contributed by atoms with Crippen LogP contribution in [0.5, 0.6) is 0 Å². The molecule has 0 bridgehead atoms. The number of hydrogen-bond donors (Lipinski definition) is 0. The molecule has 0 N–H and O–H groups in total. The van der Waals surface area contributed by atoms with E-state index in [4.69, 9.17) is 4.43 Å². The standard InChI is InChI=1S/C15H29NOSi/c1-13(16-10-8-9-11-16)12-14(2)17-18(6,7)15(3,4)5/h12H,1,8-11H2,2-7H3/b14-12-. The molecule has 1 heterocycles. The Kier molecular flexibility index (Phi) is 4.70. The van der Waals surface area contributed by atoms with Gasteiger partial charge in [-0.2, -0.15) is 0 Å². The first-order chi connectivity index (χ1) is 8.13. The van der Waals surface area contributed by atoms with E-state index in [1.807, 2.05) is 0 Å². The van der Waals surface area contributed by atoms with Crippen LogP contribution in [0.25, 0.3) is 0 Å². The van der Waals surface area contributed by atoms with E-state index in [1.54, 1.807) is 0 Å². The Balaban J connectivity index is 2.64. The van der Waals surface area contributed by atoms with E-state index in [2.05, 4.69) is 58.3 Å². The van der Waals surface area contributed by atoms with Crippen molar-refractivity contribution < 1.29 is 4.43 Å². The molecule has 0 unspecified atom stereocenters. The third kappa shape index (κ3) is 3.90. The summed E-state index contributed by atoms with van der Waals surface area (Å²) in [6, 6.07) is 0. The molecule has 18 heavy (non-hydrogen) atoms. The highest BCUT2D eigenvalue weighted by molar-refractivity contribution is 6.74. The maximum Gasteiger partial charge on any atom is 0.250 e. The number of nitrogens with zero attached hydrogens (tertiary/aromatic N) is 1. The fraction of sp³-hybridized carbons (Fsp3) is 0.733. The first kappa shape index (κ1) is 15.4. The topological polar surface area (TPSA) is 12.5 Å². The number of likely N-dealkylation sites (tertiary alicyclic amines) is 1. The van der Waals surface area contributed by atoms with Gasteiger partial charge in [0.05, 0.1) is 5.76 Å². The predicted octanol–water partition coefficient (Wildman–Crippen LogP) is 4.52. The van der Waals surface area contributed by atoms with E-state index in [1.165, 1.54) is 12.8 Å². The molecule has 2 nitrogen and oxygen atoms in total. The molecule has 0 radical (unpaired) electrons. The fourth-order valence-corrected chi connectivity index (χ4v) is 3.09. The second-order valence-electron chi connectivity index (χ2n) is 6.80. The van der Waals surface area contributed by atoms with Crippen LogP contribution in [0, 0.1) is 0 Å². The molecule has 0 aromatic heterocycles. The van der Waals surface area contributed by atoms with Gasteiger partial charge in [0.15, 0.2) is 0 Å². The molecule has 1 saturated heterocycles. The van der Waals surface area contributed by atoms with Crippen LogP contribution in [0.2, 0.25) is 18.1 Å². The Morgan fingerprint density at radius 3 is 2.17 bits per heavy atom. The van der Waals surface area contributed by atoms with Crippen molar-refractivity contribution in [3.05, 3.63) is 24.1 Å². The molecule has 1 rings (SSSR count). The Morgan fingerprint density at radius 1 is 1.22 bits per heavy atom. The SMILES string of the molecule is C=C(/C=C(/C)O[Si](C)(C)C(C)(C)C)N1CCCC1. The summed E-state index contributed by atoms with van der Waals surface area (Å²) >= 11 is 0. The van der Waals surface area contributed by atoms with Gasteiger partial charge in [0.1, 0.15) is 0 Å². The second-order valence-corrected chi connectivity index (χ2v) is 11.5. The Morgan fingerprint density at radius 2 is 1.72 bits per heavy atom. The van der Waals surface area contributed by atoms with E-state index in [0.29, 0.717) is 0 Å². The average molecular weight is 267 g/mol. The Bertz CT molecular complexity index is 333. The lowest BCUT2D eigenvalue weighted by atomic mass is 10.2. The number of hydrogen-bond acceptors (Lipinski definition) is 2. The fourth-order valence-electron chi connectivity index (χ4n) is 1.92. The number of rotatable bonds is 4. The summed E-state index contributed by atoms with van der Waals surface area (Å²) in [7, 11) is -1.70. The molecule has 0 spiro atoms. The van der Waals surface area contributed by atoms with Gasteiger partial charge >= 0.3 is 0 Å². The first-order valence-corrected chi connectivity index (χ1v) is 9.85. The molecule has 0 saturated carbocycles. The van der Waals surface area contributed by atoms with Gasteiger partial charge in [-0.05, 0) is 44.0 Å². The minimum Gasteiger partial charge on any atom is -0.547 e. The second kappa shape index (κ2) is 5.51. The molecule has 104 valence electrons. The minimum absolute atomic E-state index is 0.247. The third-order valence-corrected chi connectivity index (χ3v) is 8.55. The Hall–Kier alpha value is -0.703. The highest BCUT2D eigenvalue weighted by atomic mass is 28.4. The first-order valence-electron chi connectivity index (χ1n) is 6.95. The van der Waals surface area contributed by atoms with Crippen molar-refractivity contribution in [2.24, 2.45) is 0 Å². The molecule has 0 atom stereocenters. The van der Waals surface area contributed by atoms with E-state index in [9.17, 15) is 0 Å². The van der Waals surface area contributed by atoms with Crippen molar-refractivity contribution in [3.8, 4) is 0 Å². The quantitative estimate of drug-likeness (QED) is 0.422. The lowest BCUT2D eigenvalue weighted by Crippen LogP contribution is -2.40. The maximum atomic E-state index is 6.24. The lowest BCUT2D eigenvalue weighted by Gasteiger charge is -2.37. The van der Waals surface area contributed by atoms with E-state index >= 15 is 0 Å². The Labute approximate surface area is 114 Å². The smallest absolute Gasteiger partial charge is 0.250 e. The van der Waals surface area contributed by atoms with Gasteiger partial charge in [0.25, 0.3) is 0 Å². The van der Waals surface area contributed by atoms with Crippen LogP contribution in [0.15, 0.2) is 24.1 Å². The zero-order chi connectivity index (χ0) is 14.0. The maximum absolute atomic E-state index is 6.24. The van der Waals surface area contributed by atoms with Crippen molar-refractivity contribution in [1.82, 2.24) is 4.90 Å². The van der Waals surface area contributed by atoms with Crippen LogP contribution in [-0.2, 0) is 4.43 Å². The molecule has 1 fully saturated rings. The average Bonchev–Trinajstić information content (AvgIpc) is 2.66. The van der Waals surface area contributed by atoms with E-state index < -0.39 is 8.32 Å². The molecule has 0 aliphatic carbocycles. The van der Waals surface area contributed by atoms with Crippen molar-refractivity contribution in [2.45, 2.75) is 58.7 Å². The molecule has 0 amide bonds. The molecular formula is C15H29NOSi. The van der Waals surface area contributed by atoms with Gasteiger partial charge in [-0.1, -0.05) is 27.4 Å². The van der Waals surface area contributed by atoms with Gasteiger partial charge < -0.3 is 9.33 Å². The summed E-state index contributed by atoms with van der Waals surface area (Å²) in [5, 5.41) is 0.247. The monoisotopic (exact) mass is 267 g/mol. The zero-order valence-corrected chi connectivity index (χ0v) is 14.0. The summed E-state index contributed by atoms with van der Waals surface area (Å²) in [4.78, 5) is 2.35. The van der Waals surface area contributed by atoms with Crippen molar-refractivity contribution in [2.75, 3.05) is 13.1 Å². The molecule has 0 aromatic carbocycles. The van der Waals surface area contributed by atoms with Gasteiger partial charge in [0.2, 0.25) is 8.32 Å². The van der Waals surface area contributed by atoms with Crippen LogP contribution in [0.1, 0.15) is 40.5 Å². The van der Waals surface area contributed by atoms with Crippen LogP contribution >= 0.6 is 0 Å². The predicted molar refractivity (Wildman–Crippen MR) is 82.0 cm³/mol. The lowest BCUT2D eigenvalue weighted by molar-refractivity contribution is 0.379. The molecule has 1 aliphatic rings. The largest absolute Gasteiger partial charge is 0.547 e. The third-order valence-electron chi connectivity index (χ3n) is 4.10. The summed E-state index contributed by atoms with van der Waals surface area (Å²) in [6.45, 7) is 19.9. The van der Waals surface area contributed by atoms with E-state index in [-0.39, 0.29) is 5.04 Å². The normalized spacial score (nSPS) is 18.1. The summed E-state index contributed by atoms with van der Waals surface area (Å²) in [5.41, 5.74) is 1.10. The zero-order valence-electron chi connectivity index (χ0n) is 13.0. The van der Waals surface area contributed by atoms with Crippen LogP contribution < -0.4 is 0 Å². The number of allylic oxidation sites excluding steroid dienone is 2. The van der Waals surface area contributed by atoms with Crippen LogP contribution in [0.4, 0.5) is 0 Å². The molecule has 3 heteroatoms. The van der Waals surface area contributed by atoms with Crippen molar-refractivity contribution in [3.63, 3.8) is 0 Å².